The summed E-state index contributed by atoms with van der Waals surface area (Å²) < 4.78 is 5.06. The molecule has 1 unspecified atom stereocenters. The number of hydrogen-bond donors (Lipinski definition) is 1. The molecule has 0 aliphatic rings. The lowest BCUT2D eigenvalue weighted by Crippen LogP contribution is -2.33. The molecule has 0 aromatic carbocycles. The summed E-state index contributed by atoms with van der Waals surface area (Å²) in [6.07, 6.45) is 6.36. The molecule has 0 radical (unpaired) electrons. The van der Waals surface area contributed by atoms with Crippen LogP contribution in [0.2, 0.25) is 0 Å². The van der Waals surface area contributed by atoms with E-state index >= 15 is 0 Å². The number of nitrogens with one attached hydrogen (secondary N) is 1. The fraction of sp³-hybridized carbons (Fsp3) is 0.733. The van der Waals surface area contributed by atoms with Gasteiger partial charge in [0.15, 0.2) is 0 Å². The maximum absolute atomic E-state index is 11.9. The summed E-state index contributed by atoms with van der Waals surface area (Å²) in [4.78, 5) is 11.9. The number of aromatic nitrogens is 1. The van der Waals surface area contributed by atoms with Crippen molar-refractivity contribution in [1.82, 2.24) is 10.5 Å². The summed E-state index contributed by atoms with van der Waals surface area (Å²) in [6.45, 7) is 7.98. The number of nitrogens with zero attached hydrogens (tertiary/aromatic N) is 1. The summed E-state index contributed by atoms with van der Waals surface area (Å²) >= 11 is 0. The fourth-order valence-corrected chi connectivity index (χ4v) is 2.19. The van der Waals surface area contributed by atoms with E-state index in [1.54, 1.807) is 0 Å². The summed E-state index contributed by atoms with van der Waals surface area (Å²) in [5.41, 5.74) is 1.72. The average Bonchev–Trinajstić information content (AvgIpc) is 2.66. The zero-order chi connectivity index (χ0) is 14.3. The Kier molecular flexibility index (Phi) is 6.60. The van der Waals surface area contributed by atoms with Crippen LogP contribution in [0.4, 0.5) is 0 Å². The molecule has 1 heterocycles. The predicted octanol–water partition coefficient (Wildman–Crippen LogP) is 3.31. The van der Waals surface area contributed by atoms with Crippen molar-refractivity contribution in [1.29, 1.82) is 0 Å². The molecule has 0 aliphatic heterocycles. The Morgan fingerprint density at radius 3 is 2.63 bits per heavy atom. The van der Waals surface area contributed by atoms with E-state index in [2.05, 4.69) is 24.3 Å². The standard InChI is InChI=1S/C15H26N2O2/c1-5-6-7-8-9-11(2)16-15(18)10-14-12(3)17-19-13(14)4/h11H,5-10H2,1-4H3,(H,16,18). The lowest BCUT2D eigenvalue weighted by molar-refractivity contribution is -0.121. The van der Waals surface area contributed by atoms with E-state index < -0.39 is 0 Å². The molecule has 0 aliphatic carbocycles. The number of aryl methyl sites for hydroxylation is 2. The summed E-state index contributed by atoms with van der Waals surface area (Å²) in [5, 5.41) is 6.90. The first-order valence-corrected chi connectivity index (χ1v) is 7.25. The highest BCUT2D eigenvalue weighted by Crippen LogP contribution is 2.13. The first-order chi connectivity index (χ1) is 9.04. The van der Waals surface area contributed by atoms with Crippen LogP contribution in [0.15, 0.2) is 4.52 Å². The molecule has 4 nitrogen and oxygen atoms in total. The van der Waals surface area contributed by atoms with Crippen LogP contribution in [0.25, 0.3) is 0 Å². The SMILES string of the molecule is CCCCCCC(C)NC(=O)Cc1c(C)noc1C. The number of rotatable bonds is 8. The minimum Gasteiger partial charge on any atom is -0.361 e. The molecule has 0 saturated heterocycles. The Hall–Kier alpha value is -1.32. The Morgan fingerprint density at radius 2 is 2.05 bits per heavy atom. The van der Waals surface area contributed by atoms with Crippen molar-refractivity contribution in [2.45, 2.75) is 72.3 Å². The van der Waals surface area contributed by atoms with Crippen LogP contribution < -0.4 is 5.32 Å². The monoisotopic (exact) mass is 266 g/mol. The third-order valence-electron chi connectivity index (χ3n) is 3.42. The second kappa shape index (κ2) is 7.97. The Balaban J connectivity index is 2.31. The zero-order valence-electron chi connectivity index (χ0n) is 12.6. The molecule has 1 aromatic heterocycles. The molecular weight excluding hydrogens is 240 g/mol. The van der Waals surface area contributed by atoms with Crippen LogP contribution in [0.3, 0.4) is 0 Å². The smallest absolute Gasteiger partial charge is 0.224 e. The van der Waals surface area contributed by atoms with E-state index in [0.717, 1.165) is 23.4 Å². The Labute approximate surface area is 115 Å². The summed E-state index contributed by atoms with van der Waals surface area (Å²) in [7, 11) is 0. The Bertz CT molecular complexity index is 379. The van der Waals surface area contributed by atoms with Crippen LogP contribution in [0.5, 0.6) is 0 Å². The molecule has 19 heavy (non-hydrogen) atoms. The largest absolute Gasteiger partial charge is 0.361 e. The van der Waals surface area contributed by atoms with Gasteiger partial charge >= 0.3 is 0 Å². The van der Waals surface area contributed by atoms with Crippen molar-refractivity contribution >= 4 is 5.91 Å². The van der Waals surface area contributed by atoms with Crippen molar-refractivity contribution in [3.05, 3.63) is 17.0 Å². The molecule has 1 amide bonds. The number of carbonyl (C=O) groups excluding carboxylic acids is 1. The quantitative estimate of drug-likeness (QED) is 0.734. The molecule has 0 fully saturated rings. The van der Waals surface area contributed by atoms with Gasteiger partial charge in [0.05, 0.1) is 12.1 Å². The number of unbranched alkanes of at least 4 members (excludes halogenated alkanes) is 3. The van der Waals surface area contributed by atoms with Gasteiger partial charge in [-0.3, -0.25) is 4.79 Å². The van der Waals surface area contributed by atoms with Gasteiger partial charge in [0.1, 0.15) is 5.76 Å². The van der Waals surface area contributed by atoms with Crippen LogP contribution in [-0.2, 0) is 11.2 Å². The number of amides is 1. The molecule has 1 atom stereocenters. The molecule has 1 N–H and O–H groups in total. The molecule has 4 heteroatoms. The van der Waals surface area contributed by atoms with Crippen molar-refractivity contribution in [2.24, 2.45) is 0 Å². The number of carbonyl (C=O) groups is 1. The van der Waals surface area contributed by atoms with Gasteiger partial charge in [0.25, 0.3) is 0 Å². The molecular formula is C15H26N2O2. The number of hydrogen-bond acceptors (Lipinski definition) is 3. The molecule has 0 spiro atoms. The molecule has 108 valence electrons. The van der Waals surface area contributed by atoms with Gasteiger partial charge in [-0.05, 0) is 27.2 Å². The minimum absolute atomic E-state index is 0.0531. The van der Waals surface area contributed by atoms with E-state index in [0.29, 0.717) is 6.42 Å². The highest BCUT2D eigenvalue weighted by molar-refractivity contribution is 5.79. The topological polar surface area (TPSA) is 55.1 Å². The molecule has 1 aromatic rings. The lowest BCUT2D eigenvalue weighted by Gasteiger charge is -2.13. The van der Waals surface area contributed by atoms with E-state index in [1.807, 2.05) is 13.8 Å². The maximum Gasteiger partial charge on any atom is 0.224 e. The first-order valence-electron chi connectivity index (χ1n) is 7.25. The average molecular weight is 266 g/mol. The third kappa shape index (κ3) is 5.45. The first kappa shape index (κ1) is 15.7. The van der Waals surface area contributed by atoms with Gasteiger partial charge in [-0.1, -0.05) is 37.8 Å². The van der Waals surface area contributed by atoms with Gasteiger partial charge in [-0.2, -0.15) is 0 Å². The highest BCUT2D eigenvalue weighted by atomic mass is 16.5. The highest BCUT2D eigenvalue weighted by Gasteiger charge is 2.14. The second-order valence-electron chi connectivity index (χ2n) is 5.30. The maximum atomic E-state index is 11.9. The predicted molar refractivity (Wildman–Crippen MR) is 76.0 cm³/mol. The van der Waals surface area contributed by atoms with Crippen molar-refractivity contribution in [3.63, 3.8) is 0 Å². The Morgan fingerprint density at radius 1 is 1.32 bits per heavy atom. The summed E-state index contributed by atoms with van der Waals surface area (Å²) in [5.74, 6) is 0.792. The van der Waals surface area contributed by atoms with Crippen molar-refractivity contribution < 1.29 is 9.32 Å². The van der Waals surface area contributed by atoms with Gasteiger partial charge < -0.3 is 9.84 Å². The summed E-state index contributed by atoms with van der Waals surface area (Å²) in [6, 6.07) is 0.241. The molecule has 1 rings (SSSR count). The van der Waals surface area contributed by atoms with Gasteiger partial charge in [0.2, 0.25) is 5.91 Å². The van der Waals surface area contributed by atoms with E-state index in [1.165, 1.54) is 25.7 Å². The lowest BCUT2D eigenvalue weighted by atomic mass is 10.1. The molecule has 0 saturated carbocycles. The third-order valence-corrected chi connectivity index (χ3v) is 3.42. The van der Waals surface area contributed by atoms with Crippen LogP contribution in [0.1, 0.15) is 63.0 Å². The molecule has 0 bridgehead atoms. The van der Waals surface area contributed by atoms with Crippen LogP contribution >= 0.6 is 0 Å². The van der Waals surface area contributed by atoms with Gasteiger partial charge in [-0.25, -0.2) is 0 Å². The van der Waals surface area contributed by atoms with Gasteiger partial charge in [-0.15, -0.1) is 0 Å². The van der Waals surface area contributed by atoms with Crippen molar-refractivity contribution in [3.8, 4) is 0 Å². The zero-order valence-corrected chi connectivity index (χ0v) is 12.6. The van der Waals surface area contributed by atoms with E-state index in [9.17, 15) is 4.79 Å². The second-order valence-corrected chi connectivity index (χ2v) is 5.30. The van der Waals surface area contributed by atoms with Crippen LogP contribution in [-0.4, -0.2) is 17.1 Å². The van der Waals surface area contributed by atoms with Gasteiger partial charge in [0, 0.05) is 11.6 Å². The minimum atomic E-state index is 0.0531. The normalized spacial score (nSPS) is 12.4. The van der Waals surface area contributed by atoms with E-state index in [4.69, 9.17) is 4.52 Å². The van der Waals surface area contributed by atoms with Crippen LogP contribution in [0, 0.1) is 13.8 Å². The van der Waals surface area contributed by atoms with E-state index in [-0.39, 0.29) is 11.9 Å². The van der Waals surface area contributed by atoms with Crippen molar-refractivity contribution in [2.75, 3.05) is 0 Å². The fourth-order valence-electron chi connectivity index (χ4n) is 2.19.